The summed E-state index contributed by atoms with van der Waals surface area (Å²) in [7, 11) is 0. The zero-order valence-corrected chi connectivity index (χ0v) is 16.0. The molecule has 1 aliphatic carbocycles. The number of hydrogen-bond acceptors (Lipinski definition) is 5. The summed E-state index contributed by atoms with van der Waals surface area (Å²) in [4.78, 5) is 26.4. The molecule has 1 aromatic heterocycles. The largest absolute Gasteiger partial charge is 0.362 e. The van der Waals surface area contributed by atoms with Gasteiger partial charge in [0, 0.05) is 25.2 Å². The molecule has 0 radical (unpaired) electrons. The van der Waals surface area contributed by atoms with Gasteiger partial charge in [0.1, 0.15) is 5.82 Å². The van der Waals surface area contributed by atoms with Crippen LogP contribution in [0.25, 0.3) is 0 Å². The number of benzene rings is 1. The molecule has 1 aromatic carbocycles. The Hall–Kier alpha value is -2.96. The van der Waals surface area contributed by atoms with Crippen LogP contribution in [0.15, 0.2) is 36.4 Å². The second-order valence-corrected chi connectivity index (χ2v) is 7.66. The summed E-state index contributed by atoms with van der Waals surface area (Å²) in [5, 5.41) is 14.3. The molecule has 146 valence electrons. The highest BCUT2D eigenvalue weighted by atomic mass is 16.2. The molecule has 7 nitrogen and oxygen atoms in total. The minimum Gasteiger partial charge on any atom is -0.362 e. The summed E-state index contributed by atoms with van der Waals surface area (Å²) >= 11 is 0. The molecular formula is C21H25N5O2. The Labute approximate surface area is 164 Å². The van der Waals surface area contributed by atoms with Crippen molar-refractivity contribution in [2.24, 2.45) is 5.92 Å². The van der Waals surface area contributed by atoms with Gasteiger partial charge in [-0.05, 0) is 43.0 Å². The standard InChI is InChI=1S/C21H25N5O2/c1-14-4-2-3-5-17(14)21(28)26-12-16(13-26)23-19-9-8-18(24-25-19)20(27)22-11-10-15-6-7-15/h2-5,8-9,15-16H,6-7,10-13H2,1H3,(H,22,27)(H,23,25). The van der Waals surface area contributed by atoms with Gasteiger partial charge >= 0.3 is 0 Å². The van der Waals surface area contributed by atoms with E-state index in [4.69, 9.17) is 0 Å². The van der Waals surface area contributed by atoms with Crippen molar-refractivity contribution in [3.05, 3.63) is 53.2 Å². The molecule has 2 fully saturated rings. The predicted octanol–water partition coefficient (Wildman–Crippen LogP) is 2.25. The van der Waals surface area contributed by atoms with E-state index in [1.165, 1.54) is 12.8 Å². The first-order valence-electron chi connectivity index (χ1n) is 9.83. The highest BCUT2D eigenvalue weighted by Gasteiger charge is 2.32. The Morgan fingerprint density at radius 2 is 1.89 bits per heavy atom. The summed E-state index contributed by atoms with van der Waals surface area (Å²) in [6, 6.07) is 11.2. The van der Waals surface area contributed by atoms with E-state index < -0.39 is 0 Å². The van der Waals surface area contributed by atoms with E-state index in [-0.39, 0.29) is 17.9 Å². The van der Waals surface area contributed by atoms with E-state index in [1.54, 1.807) is 12.1 Å². The minimum absolute atomic E-state index is 0.0560. The van der Waals surface area contributed by atoms with Gasteiger partial charge in [-0.1, -0.05) is 31.0 Å². The molecule has 0 bridgehead atoms. The van der Waals surface area contributed by atoms with E-state index in [1.807, 2.05) is 36.1 Å². The topological polar surface area (TPSA) is 87.2 Å². The van der Waals surface area contributed by atoms with Crippen LogP contribution in [0.3, 0.4) is 0 Å². The molecule has 7 heteroatoms. The molecule has 0 unspecified atom stereocenters. The van der Waals surface area contributed by atoms with Crippen LogP contribution in [-0.4, -0.2) is 52.6 Å². The van der Waals surface area contributed by atoms with Gasteiger partial charge in [-0.15, -0.1) is 10.2 Å². The highest BCUT2D eigenvalue weighted by molar-refractivity contribution is 5.96. The minimum atomic E-state index is -0.182. The van der Waals surface area contributed by atoms with Crippen LogP contribution >= 0.6 is 0 Å². The van der Waals surface area contributed by atoms with E-state index in [0.717, 1.165) is 23.5 Å². The Morgan fingerprint density at radius 1 is 1.11 bits per heavy atom. The van der Waals surface area contributed by atoms with Gasteiger partial charge in [-0.3, -0.25) is 9.59 Å². The van der Waals surface area contributed by atoms with Gasteiger partial charge in [-0.25, -0.2) is 0 Å². The van der Waals surface area contributed by atoms with Crippen molar-refractivity contribution in [1.29, 1.82) is 0 Å². The molecule has 0 spiro atoms. The van der Waals surface area contributed by atoms with Crippen molar-refractivity contribution < 1.29 is 9.59 Å². The summed E-state index contributed by atoms with van der Waals surface area (Å²) in [5.74, 6) is 1.28. The number of rotatable bonds is 7. The Morgan fingerprint density at radius 3 is 2.57 bits per heavy atom. The van der Waals surface area contributed by atoms with Crippen molar-refractivity contribution in [3.63, 3.8) is 0 Å². The van der Waals surface area contributed by atoms with Crippen LogP contribution in [0.5, 0.6) is 0 Å². The number of nitrogens with zero attached hydrogens (tertiary/aromatic N) is 3. The number of anilines is 1. The van der Waals surface area contributed by atoms with Gasteiger partial charge in [0.15, 0.2) is 5.69 Å². The monoisotopic (exact) mass is 379 g/mol. The van der Waals surface area contributed by atoms with E-state index in [0.29, 0.717) is 31.1 Å². The summed E-state index contributed by atoms with van der Waals surface area (Å²) < 4.78 is 0. The number of aromatic nitrogens is 2. The van der Waals surface area contributed by atoms with Crippen LogP contribution in [0.1, 0.15) is 45.7 Å². The zero-order chi connectivity index (χ0) is 19.5. The maximum Gasteiger partial charge on any atom is 0.271 e. The molecule has 4 rings (SSSR count). The first-order chi connectivity index (χ1) is 13.6. The third-order valence-electron chi connectivity index (χ3n) is 5.33. The summed E-state index contributed by atoms with van der Waals surface area (Å²) in [6.07, 6.45) is 3.61. The van der Waals surface area contributed by atoms with Gasteiger partial charge in [0.05, 0.1) is 6.04 Å². The van der Waals surface area contributed by atoms with Crippen molar-refractivity contribution in [2.75, 3.05) is 25.0 Å². The maximum atomic E-state index is 12.5. The number of carbonyl (C=O) groups excluding carboxylic acids is 2. The number of likely N-dealkylation sites (tertiary alicyclic amines) is 1. The lowest BCUT2D eigenvalue weighted by Gasteiger charge is -2.40. The van der Waals surface area contributed by atoms with Gasteiger partial charge in [0.2, 0.25) is 0 Å². The van der Waals surface area contributed by atoms with Crippen LogP contribution in [0.4, 0.5) is 5.82 Å². The van der Waals surface area contributed by atoms with Crippen molar-refractivity contribution in [1.82, 2.24) is 20.4 Å². The lowest BCUT2D eigenvalue weighted by molar-refractivity contribution is 0.0624. The van der Waals surface area contributed by atoms with Crippen molar-refractivity contribution >= 4 is 17.6 Å². The molecule has 2 aromatic rings. The number of aryl methyl sites for hydroxylation is 1. The summed E-state index contributed by atoms with van der Waals surface area (Å²) in [6.45, 7) is 3.89. The average Bonchev–Trinajstić information content (AvgIpc) is 3.49. The lowest BCUT2D eigenvalue weighted by Crippen LogP contribution is -2.57. The first-order valence-corrected chi connectivity index (χ1v) is 9.83. The zero-order valence-electron chi connectivity index (χ0n) is 16.0. The fourth-order valence-electron chi connectivity index (χ4n) is 3.35. The average molecular weight is 379 g/mol. The molecule has 1 aliphatic heterocycles. The predicted molar refractivity (Wildman–Crippen MR) is 106 cm³/mol. The van der Waals surface area contributed by atoms with Gasteiger partial charge in [-0.2, -0.15) is 0 Å². The molecule has 2 heterocycles. The van der Waals surface area contributed by atoms with Gasteiger partial charge < -0.3 is 15.5 Å². The van der Waals surface area contributed by atoms with Crippen LogP contribution in [0, 0.1) is 12.8 Å². The third kappa shape index (κ3) is 4.30. The maximum absolute atomic E-state index is 12.5. The molecule has 2 N–H and O–H groups in total. The molecule has 2 amide bonds. The second kappa shape index (κ2) is 7.96. The second-order valence-electron chi connectivity index (χ2n) is 7.66. The summed E-state index contributed by atoms with van der Waals surface area (Å²) in [5.41, 5.74) is 2.06. The van der Waals surface area contributed by atoms with Crippen molar-refractivity contribution in [3.8, 4) is 0 Å². The first kappa shape index (κ1) is 18.4. The van der Waals surface area contributed by atoms with E-state index in [2.05, 4.69) is 20.8 Å². The molecular weight excluding hydrogens is 354 g/mol. The number of carbonyl (C=O) groups is 2. The van der Waals surface area contributed by atoms with Crippen LogP contribution in [0.2, 0.25) is 0 Å². The molecule has 2 aliphatic rings. The van der Waals surface area contributed by atoms with Crippen molar-refractivity contribution in [2.45, 2.75) is 32.2 Å². The molecule has 1 saturated carbocycles. The fourth-order valence-corrected chi connectivity index (χ4v) is 3.35. The van der Waals surface area contributed by atoms with E-state index >= 15 is 0 Å². The highest BCUT2D eigenvalue weighted by Crippen LogP contribution is 2.31. The molecule has 1 saturated heterocycles. The molecule has 0 atom stereocenters. The number of amides is 2. The smallest absolute Gasteiger partial charge is 0.271 e. The SMILES string of the molecule is Cc1ccccc1C(=O)N1CC(Nc2ccc(C(=O)NCCC3CC3)nn2)C1. The number of hydrogen-bond donors (Lipinski definition) is 2. The van der Waals surface area contributed by atoms with Crippen LogP contribution in [-0.2, 0) is 0 Å². The van der Waals surface area contributed by atoms with Crippen LogP contribution < -0.4 is 10.6 Å². The van der Waals surface area contributed by atoms with Gasteiger partial charge in [0.25, 0.3) is 11.8 Å². The van der Waals surface area contributed by atoms with E-state index in [9.17, 15) is 9.59 Å². The Balaban J connectivity index is 1.24. The number of nitrogens with one attached hydrogen (secondary N) is 2. The normalized spacial score (nSPS) is 16.4. The Kier molecular flexibility index (Phi) is 5.23. The quantitative estimate of drug-likeness (QED) is 0.770. The lowest BCUT2D eigenvalue weighted by atomic mass is 10.0. The third-order valence-corrected chi connectivity index (χ3v) is 5.33. The Bertz CT molecular complexity index is 857. The fraction of sp³-hybridized carbons (Fsp3) is 0.429. The molecule has 28 heavy (non-hydrogen) atoms.